The Morgan fingerprint density at radius 2 is 0.769 bits per heavy atom. The van der Waals surface area contributed by atoms with E-state index in [2.05, 4.69) is 90.4 Å². The highest BCUT2D eigenvalue weighted by Gasteiger charge is 2.49. The molecule has 0 aromatic carbocycles. The van der Waals surface area contributed by atoms with Crippen LogP contribution in [0, 0.1) is 17.8 Å². The highest BCUT2D eigenvalue weighted by Crippen LogP contribution is 2.25. The van der Waals surface area contributed by atoms with Crippen molar-refractivity contribution in [1.82, 2.24) is 95.3 Å². The fourth-order valence-corrected chi connectivity index (χ4v) is 11.9. The Balaban J connectivity index is 3.20. The van der Waals surface area contributed by atoms with Crippen LogP contribution in [0.4, 0.5) is 0 Å². The van der Waals surface area contributed by atoms with Gasteiger partial charge in [0, 0.05) is 26.3 Å². The molecule has 1 saturated heterocycles. The van der Waals surface area contributed by atoms with Crippen LogP contribution in [0.1, 0.15) is 252 Å². The number of carboxylic acids is 1. The number of hydrogen-bond acceptors (Lipinski definition) is 21. The minimum Gasteiger partial charge on any atom is -0.481 e. The molecule has 41 heteroatoms. The van der Waals surface area contributed by atoms with E-state index in [1.54, 1.807) is 48.5 Å². The van der Waals surface area contributed by atoms with E-state index < -0.39 is 242 Å². The van der Waals surface area contributed by atoms with E-state index >= 15 is 0 Å². The average molecular weight is 1720 g/mol. The molecule has 1 aliphatic heterocycles. The molecule has 21 N–H and O–H groups in total. The zero-order valence-corrected chi connectivity index (χ0v) is 75.8. The number of primary amides is 1. The number of aliphatic hydroxyl groups excluding tert-OH is 1. The Bertz CT molecular complexity index is 3860. The number of likely N-dealkylation sites (tertiary alicyclic amines) is 1. The van der Waals surface area contributed by atoms with Crippen LogP contribution >= 0.6 is 0 Å². The third-order valence-corrected chi connectivity index (χ3v) is 20.2. The molecule has 0 aliphatic carbocycles. The SMILES string of the molecule is CC[C@@](C)(NC(=O)C(C)(C)NC(=O)[C@H](CC(C)C)NC(=O)[C@@H]1CCCN1C(=O)C(C)(C)NC(=O)C(C)(C)NC(=O)[C@H](C)NC(=O)C(C)(C)NC(=O)C(C)(C)NC(=O)C(C)(C)NC(=O)[C@H](CCC(=O)O)NC(=O)C(C)(C)NC(=O)[C@H](CC(C)C)NC(=O)C(C)(C)NC(=O)CNC(=O)C(C)(C)NC(C)=O)C(=O)N[C@@H](CCC(N)=O)C(=O)NC(CO)C(C)C. The van der Waals surface area contributed by atoms with Crippen molar-refractivity contribution < 1.29 is 106 Å². The number of nitrogens with zero attached hydrogens (tertiary/aromatic N) is 1. The smallest absolute Gasteiger partial charge is 0.303 e. The first-order valence-corrected chi connectivity index (χ1v) is 40.5. The number of rotatable bonds is 47. The third-order valence-electron chi connectivity index (χ3n) is 20.2. The quantitative estimate of drug-likeness (QED) is 0.0294. The van der Waals surface area contributed by atoms with Crippen LogP contribution in [0.25, 0.3) is 0 Å². The number of aliphatic carboxylic acids is 1. The molecule has 686 valence electrons. The van der Waals surface area contributed by atoms with Gasteiger partial charge >= 0.3 is 5.97 Å². The van der Waals surface area contributed by atoms with Gasteiger partial charge in [0.1, 0.15) is 91.6 Å². The van der Waals surface area contributed by atoms with Crippen molar-refractivity contribution in [3.05, 3.63) is 0 Å². The topological polar surface area (TPSA) is 616 Å². The number of carboxylic acid groups (broad SMARTS) is 1. The number of aliphatic hydroxyl groups is 1. The predicted molar refractivity (Wildman–Crippen MR) is 444 cm³/mol. The summed E-state index contributed by atoms with van der Waals surface area (Å²) >= 11 is 0. The summed E-state index contributed by atoms with van der Waals surface area (Å²) in [5, 5.41) is 62.8. The Hall–Kier alpha value is -10.6. The number of nitrogens with one attached hydrogen (secondary N) is 17. The van der Waals surface area contributed by atoms with Crippen molar-refractivity contribution in [2.45, 2.75) is 349 Å². The van der Waals surface area contributed by atoms with Crippen molar-refractivity contribution in [2.24, 2.45) is 23.5 Å². The lowest BCUT2D eigenvalue weighted by Crippen LogP contribution is -2.68. The van der Waals surface area contributed by atoms with E-state index in [9.17, 15) is 106 Å². The van der Waals surface area contributed by atoms with Gasteiger partial charge < -0.3 is 111 Å². The van der Waals surface area contributed by atoms with Crippen LogP contribution < -0.4 is 96.1 Å². The van der Waals surface area contributed by atoms with Crippen molar-refractivity contribution in [1.29, 1.82) is 0 Å². The molecule has 0 saturated carbocycles. The highest BCUT2D eigenvalue weighted by atomic mass is 16.4. The summed E-state index contributed by atoms with van der Waals surface area (Å²) in [6, 6.07) is -8.80. The van der Waals surface area contributed by atoms with Crippen molar-refractivity contribution >= 4 is 118 Å². The van der Waals surface area contributed by atoms with Gasteiger partial charge in [0.25, 0.3) is 0 Å². The molecule has 19 amide bonds. The fourth-order valence-electron chi connectivity index (χ4n) is 11.9. The summed E-state index contributed by atoms with van der Waals surface area (Å²) in [5.41, 5.74) is -12.3. The molecule has 0 aromatic rings. The van der Waals surface area contributed by atoms with Crippen LogP contribution in [0.5, 0.6) is 0 Å². The second-order valence-electron chi connectivity index (χ2n) is 37.2. The molecule has 121 heavy (non-hydrogen) atoms. The van der Waals surface area contributed by atoms with Crippen LogP contribution in [0.2, 0.25) is 0 Å². The molecule has 1 fully saturated rings. The monoisotopic (exact) mass is 1720 g/mol. The van der Waals surface area contributed by atoms with E-state index in [4.69, 9.17) is 5.73 Å². The van der Waals surface area contributed by atoms with Gasteiger partial charge in [-0.3, -0.25) is 95.9 Å². The van der Waals surface area contributed by atoms with Crippen LogP contribution in [-0.2, 0) is 95.9 Å². The van der Waals surface area contributed by atoms with Crippen LogP contribution in [0.3, 0.4) is 0 Å². The molecule has 1 unspecified atom stereocenters. The van der Waals surface area contributed by atoms with E-state index in [-0.39, 0.29) is 62.8 Å². The zero-order chi connectivity index (χ0) is 94.4. The summed E-state index contributed by atoms with van der Waals surface area (Å²) in [7, 11) is 0. The lowest BCUT2D eigenvalue weighted by Gasteiger charge is -2.37. The number of nitrogens with two attached hydrogens (primary N) is 1. The van der Waals surface area contributed by atoms with Crippen molar-refractivity contribution in [2.75, 3.05) is 19.7 Å². The van der Waals surface area contributed by atoms with Crippen LogP contribution in [0.15, 0.2) is 0 Å². The standard InChI is InChI=1S/C80H139N19O22/c1-29-80(28,69(120)87-46(32-34-52(81)102)56(107)85-50(40-100)43(6)7)98-68(119)77(22,23)94-58(109)48(37-41(2)3)84-60(111)51-31-30-36-99(51)70(121)79(26,27)97-66(117)75(18,19)91-55(106)44(8)83-62(113)74(16,17)95-67(118)78(24,25)96-65(116)76(20,21)92-57(108)47(33-35-54(104)105)86-64(115)73(14,15)93-59(110)49(38-42(4)5)88-63(114)72(12,13)90-53(103)39-82-61(112)71(10,11)89-45(9)101/h41-44,46-51,100H,29-40H2,1-28H3,(H2,81,102)(H,82,112)(H,83,113)(H,84,111)(H,85,107)(H,86,115)(H,87,120)(H,88,114)(H,89,101)(H,90,103)(H,91,106)(H,92,108)(H,93,110)(H,94,109)(H,95,118)(H,96,116)(H,97,117)(H,98,119)(H,104,105)/t44-,46-,47-,48-,49-,50?,51-,80+/m0/s1. The summed E-state index contributed by atoms with van der Waals surface area (Å²) in [6.45, 7) is 38.9. The molecule has 41 nitrogen and oxygen atoms in total. The maximum Gasteiger partial charge on any atom is 0.303 e. The molecular weight excluding hydrogens is 1580 g/mol. The summed E-state index contributed by atoms with van der Waals surface area (Å²) < 4.78 is 0. The largest absolute Gasteiger partial charge is 0.481 e. The Morgan fingerprint density at radius 3 is 1.20 bits per heavy atom. The fraction of sp³-hybridized carbons (Fsp3) is 0.750. The van der Waals surface area contributed by atoms with Gasteiger partial charge in [-0.05, 0) is 201 Å². The van der Waals surface area contributed by atoms with E-state index in [0.717, 1.165) is 0 Å². The maximum absolute atomic E-state index is 14.5. The average Bonchev–Trinajstić information content (AvgIpc) is 1.76. The molecule has 0 spiro atoms. The number of carbonyl (C=O) groups is 20. The second kappa shape index (κ2) is 43.7. The molecule has 8 atom stereocenters. The minimum atomic E-state index is -1.94. The lowest BCUT2D eigenvalue weighted by molar-refractivity contribution is -0.146. The second-order valence-corrected chi connectivity index (χ2v) is 37.2. The Labute approximate surface area is 709 Å². The summed E-state index contributed by atoms with van der Waals surface area (Å²) in [4.78, 5) is 272. The van der Waals surface area contributed by atoms with Crippen LogP contribution in [-0.4, -0.2) is 251 Å². The zero-order valence-electron chi connectivity index (χ0n) is 75.8. The summed E-state index contributed by atoms with van der Waals surface area (Å²) in [6.07, 6.45) is -1.16. The van der Waals surface area contributed by atoms with Gasteiger partial charge in [-0.1, -0.05) is 48.5 Å². The van der Waals surface area contributed by atoms with Crippen molar-refractivity contribution in [3.63, 3.8) is 0 Å². The van der Waals surface area contributed by atoms with E-state index in [1.165, 1.54) is 150 Å². The predicted octanol–water partition coefficient (Wildman–Crippen LogP) is -2.75. The van der Waals surface area contributed by atoms with Gasteiger partial charge in [-0.25, -0.2) is 0 Å². The van der Waals surface area contributed by atoms with Gasteiger partial charge in [0.05, 0.1) is 19.2 Å². The molecule has 1 heterocycles. The number of hydrogen-bond donors (Lipinski definition) is 20. The van der Waals surface area contributed by atoms with Gasteiger partial charge in [0.15, 0.2) is 0 Å². The van der Waals surface area contributed by atoms with E-state index in [1.807, 2.05) is 0 Å². The molecule has 0 aromatic heterocycles. The first-order chi connectivity index (χ1) is 54.8. The Morgan fingerprint density at radius 1 is 0.405 bits per heavy atom. The normalized spacial score (nSPS) is 15.6. The Kier molecular flexibility index (Phi) is 39.2. The van der Waals surface area contributed by atoms with Gasteiger partial charge in [0.2, 0.25) is 112 Å². The highest BCUT2D eigenvalue weighted by molar-refractivity contribution is 6.04. The summed E-state index contributed by atoms with van der Waals surface area (Å²) in [5.74, 6) is -17.8. The molecule has 0 radical (unpaired) electrons. The third kappa shape index (κ3) is 33.7. The first-order valence-electron chi connectivity index (χ1n) is 40.5. The van der Waals surface area contributed by atoms with E-state index in [0.29, 0.717) is 6.42 Å². The first kappa shape index (κ1) is 108. The minimum absolute atomic E-state index is 0.0148. The molecule has 0 bridgehead atoms. The van der Waals surface area contributed by atoms with Crippen molar-refractivity contribution in [3.8, 4) is 0 Å². The molecule has 1 aliphatic rings. The van der Waals surface area contributed by atoms with Gasteiger partial charge in [-0.2, -0.15) is 0 Å². The lowest BCUT2D eigenvalue weighted by atomic mass is 9.93. The maximum atomic E-state index is 14.5. The molecular formula is C80H139N19O22. The number of amides is 19. The number of carbonyl (C=O) groups excluding carboxylic acids is 19. The molecule has 1 rings (SSSR count). The van der Waals surface area contributed by atoms with Gasteiger partial charge in [-0.15, -0.1) is 0 Å².